The van der Waals surface area contributed by atoms with Gasteiger partial charge in [0, 0.05) is 18.3 Å². The number of thioether (sulfide) groups is 1. The van der Waals surface area contributed by atoms with Gasteiger partial charge in [0.2, 0.25) is 5.91 Å². The van der Waals surface area contributed by atoms with Crippen LogP contribution in [-0.2, 0) is 18.0 Å². The molecule has 1 N–H and O–H groups in total. The minimum absolute atomic E-state index is 0.0163. The van der Waals surface area contributed by atoms with Gasteiger partial charge in [-0.1, -0.05) is 47.1 Å². The minimum atomic E-state index is -4.61. The highest BCUT2D eigenvalue weighted by Crippen LogP contribution is 2.36. The van der Waals surface area contributed by atoms with E-state index in [2.05, 4.69) is 15.5 Å². The summed E-state index contributed by atoms with van der Waals surface area (Å²) < 4.78 is 40.8. The molecular weight excluding hydrogens is 437 g/mol. The fourth-order valence-electron chi connectivity index (χ4n) is 2.73. The van der Waals surface area contributed by atoms with Crippen LogP contribution < -0.4 is 5.32 Å². The summed E-state index contributed by atoms with van der Waals surface area (Å²) in [6, 6.07) is 11.0. The Labute approximate surface area is 180 Å². The van der Waals surface area contributed by atoms with E-state index >= 15 is 0 Å². The molecule has 0 bridgehead atoms. The van der Waals surface area contributed by atoms with Crippen molar-refractivity contribution in [2.75, 3.05) is 5.32 Å². The molecule has 5 nitrogen and oxygen atoms in total. The standard InChI is InChI=1S/C20H18ClF3N4OS/c1-11-5-4-6-13(9-11)17-26-27-19(28(17)3)30-12(2)18(29)25-14-7-8-16(21)15(10-14)20(22,23)24/h4-10,12H,1-3H3,(H,25,29). The van der Waals surface area contributed by atoms with Gasteiger partial charge >= 0.3 is 6.18 Å². The van der Waals surface area contributed by atoms with Crippen molar-refractivity contribution >= 4 is 35.0 Å². The molecule has 0 saturated carbocycles. The number of benzene rings is 2. The van der Waals surface area contributed by atoms with Gasteiger partial charge in [0.1, 0.15) is 0 Å². The number of halogens is 4. The van der Waals surface area contributed by atoms with Crippen molar-refractivity contribution in [3.8, 4) is 11.4 Å². The third kappa shape index (κ3) is 4.96. The summed E-state index contributed by atoms with van der Waals surface area (Å²) in [7, 11) is 1.79. The number of aromatic nitrogens is 3. The molecule has 3 aromatic rings. The maximum Gasteiger partial charge on any atom is 0.417 e. The zero-order chi connectivity index (χ0) is 22.1. The summed E-state index contributed by atoms with van der Waals surface area (Å²) in [5.41, 5.74) is 0.995. The molecule has 0 spiro atoms. The highest BCUT2D eigenvalue weighted by molar-refractivity contribution is 8.00. The predicted octanol–water partition coefficient (Wildman–Crippen LogP) is 5.58. The molecular formula is C20H18ClF3N4OS. The van der Waals surface area contributed by atoms with Gasteiger partial charge in [0.05, 0.1) is 15.8 Å². The fraction of sp³-hybridized carbons (Fsp3) is 0.250. The van der Waals surface area contributed by atoms with Crippen LogP contribution in [0, 0.1) is 6.92 Å². The van der Waals surface area contributed by atoms with E-state index in [-0.39, 0.29) is 5.69 Å². The van der Waals surface area contributed by atoms with E-state index in [1.54, 1.807) is 18.5 Å². The van der Waals surface area contributed by atoms with Crippen molar-refractivity contribution < 1.29 is 18.0 Å². The van der Waals surface area contributed by atoms with Crippen molar-refractivity contribution in [3.63, 3.8) is 0 Å². The second kappa shape index (κ2) is 8.69. The van der Waals surface area contributed by atoms with E-state index in [1.807, 2.05) is 31.2 Å². The number of carbonyl (C=O) groups is 1. The number of hydrogen-bond acceptors (Lipinski definition) is 4. The monoisotopic (exact) mass is 454 g/mol. The van der Waals surface area contributed by atoms with E-state index in [0.717, 1.165) is 35.0 Å². The molecule has 1 aromatic heterocycles. The Morgan fingerprint density at radius 3 is 2.60 bits per heavy atom. The summed E-state index contributed by atoms with van der Waals surface area (Å²) in [5.74, 6) is 0.192. The molecule has 1 heterocycles. The average molecular weight is 455 g/mol. The van der Waals surface area contributed by atoms with Crippen LogP contribution in [-0.4, -0.2) is 25.9 Å². The lowest BCUT2D eigenvalue weighted by molar-refractivity contribution is -0.137. The zero-order valence-corrected chi connectivity index (χ0v) is 17.9. The van der Waals surface area contributed by atoms with Crippen LogP contribution in [0.25, 0.3) is 11.4 Å². The Balaban J connectivity index is 1.73. The highest BCUT2D eigenvalue weighted by Gasteiger charge is 2.33. The summed E-state index contributed by atoms with van der Waals surface area (Å²) >= 11 is 6.77. The van der Waals surface area contributed by atoms with Crippen LogP contribution in [0.4, 0.5) is 18.9 Å². The van der Waals surface area contributed by atoms with Crippen LogP contribution >= 0.6 is 23.4 Å². The lowest BCUT2D eigenvalue weighted by atomic mass is 10.1. The molecule has 30 heavy (non-hydrogen) atoms. The van der Waals surface area contributed by atoms with Gasteiger partial charge in [-0.05, 0) is 38.1 Å². The van der Waals surface area contributed by atoms with E-state index in [4.69, 9.17) is 11.6 Å². The molecule has 0 aliphatic heterocycles. The van der Waals surface area contributed by atoms with Crippen molar-refractivity contribution in [3.05, 3.63) is 58.6 Å². The molecule has 0 fully saturated rings. The number of nitrogens with one attached hydrogen (secondary N) is 1. The van der Waals surface area contributed by atoms with Gasteiger partial charge in [0.15, 0.2) is 11.0 Å². The molecule has 0 aliphatic rings. The highest BCUT2D eigenvalue weighted by atomic mass is 35.5. The molecule has 2 aromatic carbocycles. The molecule has 0 aliphatic carbocycles. The third-order valence-corrected chi connectivity index (χ3v) is 5.77. The topological polar surface area (TPSA) is 59.8 Å². The van der Waals surface area contributed by atoms with Crippen molar-refractivity contribution in [1.82, 2.24) is 14.8 Å². The Morgan fingerprint density at radius 1 is 1.20 bits per heavy atom. The van der Waals surface area contributed by atoms with Gasteiger partial charge < -0.3 is 9.88 Å². The third-order valence-electron chi connectivity index (χ3n) is 4.30. The minimum Gasteiger partial charge on any atom is -0.325 e. The zero-order valence-electron chi connectivity index (χ0n) is 16.3. The first-order valence-corrected chi connectivity index (χ1v) is 10.1. The number of aryl methyl sites for hydroxylation is 1. The van der Waals surface area contributed by atoms with E-state index in [9.17, 15) is 18.0 Å². The van der Waals surface area contributed by atoms with Crippen LogP contribution in [0.15, 0.2) is 47.6 Å². The first-order valence-electron chi connectivity index (χ1n) is 8.87. The van der Waals surface area contributed by atoms with E-state index < -0.39 is 27.9 Å². The first kappa shape index (κ1) is 22.2. The molecule has 158 valence electrons. The first-order chi connectivity index (χ1) is 14.1. The van der Waals surface area contributed by atoms with Crippen LogP contribution in [0.2, 0.25) is 5.02 Å². The summed E-state index contributed by atoms with van der Waals surface area (Å²) in [5, 5.41) is 10.3. The van der Waals surface area contributed by atoms with Crippen molar-refractivity contribution in [2.45, 2.75) is 30.4 Å². The predicted molar refractivity (Wildman–Crippen MR) is 112 cm³/mol. The van der Waals surface area contributed by atoms with Crippen LogP contribution in [0.3, 0.4) is 0 Å². The molecule has 1 amide bonds. The second-order valence-electron chi connectivity index (χ2n) is 6.68. The molecule has 0 saturated heterocycles. The van der Waals surface area contributed by atoms with Gasteiger partial charge in [0.25, 0.3) is 0 Å². The normalized spacial score (nSPS) is 12.6. The van der Waals surface area contributed by atoms with Crippen molar-refractivity contribution in [2.24, 2.45) is 7.05 Å². The maximum absolute atomic E-state index is 13.0. The summed E-state index contributed by atoms with van der Waals surface area (Å²) in [6.45, 7) is 3.62. The molecule has 1 unspecified atom stereocenters. The Kier molecular flexibility index (Phi) is 6.42. The fourth-order valence-corrected chi connectivity index (χ4v) is 3.77. The lowest BCUT2D eigenvalue weighted by Gasteiger charge is -2.14. The van der Waals surface area contributed by atoms with Crippen molar-refractivity contribution in [1.29, 1.82) is 0 Å². The Morgan fingerprint density at radius 2 is 1.93 bits per heavy atom. The largest absolute Gasteiger partial charge is 0.417 e. The number of rotatable bonds is 5. The maximum atomic E-state index is 13.0. The SMILES string of the molecule is Cc1cccc(-c2nnc(SC(C)C(=O)Nc3ccc(Cl)c(C(F)(F)F)c3)n2C)c1. The molecule has 10 heteroatoms. The number of anilines is 1. The second-order valence-corrected chi connectivity index (χ2v) is 8.39. The number of alkyl halides is 3. The summed E-state index contributed by atoms with van der Waals surface area (Å²) in [6.07, 6.45) is -4.61. The average Bonchev–Trinajstić information content (AvgIpc) is 3.02. The smallest absolute Gasteiger partial charge is 0.325 e. The number of nitrogens with zero attached hydrogens (tertiary/aromatic N) is 3. The van der Waals surface area contributed by atoms with Gasteiger partial charge in [-0.3, -0.25) is 4.79 Å². The lowest BCUT2D eigenvalue weighted by Crippen LogP contribution is -2.23. The van der Waals surface area contributed by atoms with Crippen LogP contribution in [0.1, 0.15) is 18.1 Å². The van der Waals surface area contributed by atoms with Gasteiger partial charge in [-0.25, -0.2) is 0 Å². The number of hydrogen-bond donors (Lipinski definition) is 1. The molecule has 1 atom stereocenters. The van der Waals surface area contributed by atoms with E-state index in [0.29, 0.717) is 11.0 Å². The summed E-state index contributed by atoms with van der Waals surface area (Å²) in [4.78, 5) is 12.5. The van der Waals surface area contributed by atoms with Crippen LogP contribution in [0.5, 0.6) is 0 Å². The number of carbonyl (C=O) groups excluding carboxylic acids is 1. The molecule has 0 radical (unpaired) electrons. The number of amides is 1. The van der Waals surface area contributed by atoms with Gasteiger partial charge in [-0.2, -0.15) is 13.2 Å². The Bertz CT molecular complexity index is 1080. The Hall–Kier alpha value is -2.52. The molecule has 3 rings (SSSR count). The van der Waals surface area contributed by atoms with E-state index in [1.165, 1.54) is 6.07 Å². The van der Waals surface area contributed by atoms with Gasteiger partial charge in [-0.15, -0.1) is 10.2 Å². The quantitative estimate of drug-likeness (QED) is 0.511.